The second-order valence-electron chi connectivity index (χ2n) is 22.6. The van der Waals surface area contributed by atoms with Crippen LogP contribution in [0.2, 0.25) is 0 Å². The molecule has 0 saturated heterocycles. The molecule has 1 atom stereocenters. The smallest absolute Gasteiger partial charge is 0.0540 e. The van der Waals surface area contributed by atoms with E-state index in [0.29, 0.717) is 0 Å². The van der Waals surface area contributed by atoms with Gasteiger partial charge in [-0.3, -0.25) is 0 Å². The molecule has 2 aliphatic rings. The van der Waals surface area contributed by atoms with E-state index in [9.17, 15) is 0 Å². The van der Waals surface area contributed by atoms with Crippen LogP contribution in [0.1, 0.15) is 12.0 Å². The van der Waals surface area contributed by atoms with Crippen molar-refractivity contribution in [2.24, 2.45) is 5.92 Å². The number of rotatable bonds is 8. The molecule has 17 rings (SSSR count). The van der Waals surface area contributed by atoms with Gasteiger partial charge in [0.05, 0.1) is 22.7 Å². The molecule has 1 unspecified atom stereocenters. The van der Waals surface area contributed by atoms with Crippen molar-refractivity contribution in [1.82, 2.24) is 0 Å². The highest BCUT2D eigenvalue weighted by atomic mass is 15.2. The first kappa shape index (κ1) is 48.0. The number of nitrogens with zero attached hydrogens (tertiary/aromatic N) is 2. The summed E-state index contributed by atoms with van der Waals surface area (Å²) in [6.07, 6.45) is 10.1. The maximum atomic E-state index is 2.54. The Kier molecular flexibility index (Phi) is 11.1. The normalized spacial score (nSPS) is 13.9. The quantitative estimate of drug-likeness (QED) is 0.111. The van der Waals surface area contributed by atoms with Crippen molar-refractivity contribution >= 4 is 131 Å². The molecular formula is C82H54N2. The van der Waals surface area contributed by atoms with Crippen LogP contribution in [0.25, 0.3) is 108 Å². The second-order valence-corrected chi connectivity index (χ2v) is 22.6. The predicted molar refractivity (Wildman–Crippen MR) is 359 cm³/mol. The van der Waals surface area contributed by atoms with Crippen LogP contribution in [0.3, 0.4) is 0 Å². The van der Waals surface area contributed by atoms with Crippen LogP contribution in [0.4, 0.5) is 34.1 Å². The summed E-state index contributed by atoms with van der Waals surface area (Å²) in [6, 6.07) is 107. The zero-order valence-electron chi connectivity index (χ0n) is 46.1. The van der Waals surface area contributed by atoms with E-state index >= 15 is 0 Å². The van der Waals surface area contributed by atoms with E-state index in [1.165, 1.54) is 124 Å². The number of hydrogen-bond donors (Lipinski definition) is 0. The molecular weight excluding hydrogens is 1010 g/mol. The lowest BCUT2D eigenvalue weighted by atomic mass is 9.76. The maximum Gasteiger partial charge on any atom is 0.0540 e. The predicted octanol–water partition coefficient (Wildman–Crippen LogP) is 21.0. The lowest BCUT2D eigenvalue weighted by Gasteiger charge is -2.31. The van der Waals surface area contributed by atoms with Crippen molar-refractivity contribution in [2.45, 2.75) is 6.42 Å². The third kappa shape index (κ3) is 7.58. The lowest BCUT2D eigenvalue weighted by Crippen LogP contribution is -2.35. The number of fused-ring (bicyclic) bond motifs is 11. The molecule has 15 aromatic carbocycles. The second kappa shape index (κ2) is 19.4. The van der Waals surface area contributed by atoms with Gasteiger partial charge in [0.15, 0.2) is 0 Å². The summed E-state index contributed by atoms with van der Waals surface area (Å²) in [5.74, 6) is 0.215. The highest BCUT2D eigenvalue weighted by Crippen LogP contribution is 2.52. The average molecular weight is 1070 g/mol. The summed E-state index contributed by atoms with van der Waals surface area (Å²) < 4.78 is 0. The molecule has 2 aliphatic carbocycles. The molecule has 0 heterocycles. The van der Waals surface area contributed by atoms with Gasteiger partial charge in [0, 0.05) is 38.8 Å². The van der Waals surface area contributed by atoms with E-state index in [1.54, 1.807) is 0 Å². The molecule has 0 amide bonds. The highest BCUT2D eigenvalue weighted by molar-refractivity contribution is 6.25. The molecule has 0 saturated carbocycles. The molecule has 0 fully saturated rings. The molecule has 2 heteroatoms. The van der Waals surface area contributed by atoms with Crippen molar-refractivity contribution in [2.75, 3.05) is 9.80 Å². The summed E-state index contributed by atoms with van der Waals surface area (Å²) in [5.41, 5.74) is 13.1. The molecule has 0 aliphatic heterocycles. The van der Waals surface area contributed by atoms with E-state index in [1.807, 2.05) is 0 Å². The first-order chi connectivity index (χ1) is 41.7. The fourth-order valence-corrected chi connectivity index (χ4v) is 14.4. The molecule has 392 valence electrons. The Hall–Kier alpha value is -10.8. The van der Waals surface area contributed by atoms with Gasteiger partial charge < -0.3 is 9.80 Å². The Morgan fingerprint density at radius 1 is 0.274 bits per heavy atom. The zero-order chi connectivity index (χ0) is 55.2. The SMILES string of the molecule is C1=CC2=c3ccccc3=C(c3c4cc(N(c5cccc6ccccc56)c5cccc6ccccc56)ccc4c(-c4cc5ccccc5c5ccccc45)c4cc(N(c5cccc6ccccc56)c5cccc6ccccc56)ccc34)CC2C=C1. The van der Waals surface area contributed by atoms with Crippen LogP contribution in [0.5, 0.6) is 0 Å². The molecule has 0 aromatic heterocycles. The van der Waals surface area contributed by atoms with Crippen LogP contribution in [-0.2, 0) is 0 Å². The minimum Gasteiger partial charge on any atom is -0.309 e. The van der Waals surface area contributed by atoms with Gasteiger partial charge >= 0.3 is 0 Å². The Labute approximate surface area is 487 Å². The third-order valence-electron chi connectivity index (χ3n) is 18.1. The number of allylic oxidation sites excluding steroid dienone is 4. The first-order valence-electron chi connectivity index (χ1n) is 29.3. The third-order valence-corrected chi connectivity index (χ3v) is 18.1. The summed E-state index contributed by atoms with van der Waals surface area (Å²) in [4.78, 5) is 5.05. The molecule has 0 spiro atoms. The topological polar surface area (TPSA) is 6.48 Å². The van der Waals surface area contributed by atoms with Gasteiger partial charge in [-0.1, -0.05) is 255 Å². The van der Waals surface area contributed by atoms with E-state index in [2.05, 4.69) is 319 Å². The highest BCUT2D eigenvalue weighted by Gasteiger charge is 2.29. The van der Waals surface area contributed by atoms with Crippen LogP contribution >= 0.6 is 0 Å². The molecule has 0 radical (unpaired) electrons. The minimum atomic E-state index is 0.215. The minimum absolute atomic E-state index is 0.215. The maximum absolute atomic E-state index is 2.54. The van der Waals surface area contributed by atoms with Gasteiger partial charge in [0.25, 0.3) is 0 Å². The number of hydrogen-bond acceptors (Lipinski definition) is 2. The van der Waals surface area contributed by atoms with Crippen LogP contribution in [0, 0.1) is 5.92 Å². The molecule has 15 aromatic rings. The summed E-state index contributed by atoms with van der Waals surface area (Å²) in [5, 5.41) is 21.9. The Bertz CT molecular complexity index is 5270. The zero-order valence-corrected chi connectivity index (χ0v) is 46.1. The lowest BCUT2D eigenvalue weighted by molar-refractivity contribution is 0.846. The Balaban J connectivity index is 1.06. The first-order valence-corrected chi connectivity index (χ1v) is 29.3. The van der Waals surface area contributed by atoms with Gasteiger partial charge in [-0.2, -0.15) is 0 Å². The Morgan fingerprint density at radius 2 is 0.679 bits per heavy atom. The monoisotopic (exact) mass is 1070 g/mol. The van der Waals surface area contributed by atoms with Crippen molar-refractivity contribution in [3.05, 3.63) is 325 Å². The van der Waals surface area contributed by atoms with Crippen molar-refractivity contribution < 1.29 is 0 Å². The number of anilines is 6. The van der Waals surface area contributed by atoms with Gasteiger partial charge in [-0.15, -0.1) is 0 Å². The van der Waals surface area contributed by atoms with Crippen molar-refractivity contribution in [3.63, 3.8) is 0 Å². The molecule has 0 bridgehead atoms. The summed E-state index contributed by atoms with van der Waals surface area (Å²) >= 11 is 0. The van der Waals surface area contributed by atoms with Crippen LogP contribution in [-0.4, -0.2) is 0 Å². The van der Waals surface area contributed by atoms with Gasteiger partial charge in [-0.05, 0) is 164 Å². The van der Waals surface area contributed by atoms with Crippen molar-refractivity contribution in [3.8, 4) is 11.1 Å². The standard InChI is InChI=1S/C82H54N2/c1-9-33-63-53(21-1)27-17-41-77(63)83(78-42-18-28-54-22-2-10-34-64(54)78)59-45-47-71-75(51-59)81(73-49-57-25-5-7-31-61(57)67-37-13-15-39-69(67)73)72-48-46-60(52-76(72)82(71)74-50-58-26-6-8-32-62(58)68-38-14-16-40-70(68)74)84(79-43-19-29-55-23-3-11-35-65(55)79)80-44-20-30-56-24-4-12-36-66(56)80/h1-49,51-52,58H,50H2. The fraction of sp³-hybridized carbons (Fsp3) is 0.0244. The van der Waals surface area contributed by atoms with Gasteiger partial charge in [0.2, 0.25) is 0 Å². The Morgan fingerprint density at radius 3 is 1.20 bits per heavy atom. The van der Waals surface area contributed by atoms with E-state index in [4.69, 9.17) is 0 Å². The largest absolute Gasteiger partial charge is 0.309 e. The van der Waals surface area contributed by atoms with Crippen LogP contribution in [0.15, 0.2) is 309 Å². The van der Waals surface area contributed by atoms with Crippen LogP contribution < -0.4 is 20.2 Å². The molecule has 2 nitrogen and oxygen atoms in total. The number of benzene rings is 15. The van der Waals surface area contributed by atoms with E-state index in [-0.39, 0.29) is 5.92 Å². The van der Waals surface area contributed by atoms with Crippen molar-refractivity contribution in [1.29, 1.82) is 0 Å². The van der Waals surface area contributed by atoms with E-state index in [0.717, 1.165) is 40.5 Å². The summed E-state index contributed by atoms with van der Waals surface area (Å²) in [6.45, 7) is 0. The fourth-order valence-electron chi connectivity index (χ4n) is 14.4. The van der Waals surface area contributed by atoms with E-state index < -0.39 is 0 Å². The molecule has 0 N–H and O–H groups in total. The molecule has 84 heavy (non-hydrogen) atoms. The average Bonchev–Trinajstić information content (AvgIpc) is 2.58. The van der Waals surface area contributed by atoms with Gasteiger partial charge in [-0.25, -0.2) is 0 Å². The van der Waals surface area contributed by atoms with Gasteiger partial charge in [0.1, 0.15) is 0 Å². The summed E-state index contributed by atoms with van der Waals surface area (Å²) in [7, 11) is 0.